The fourth-order valence-corrected chi connectivity index (χ4v) is 6.80. The van der Waals surface area contributed by atoms with Crippen molar-refractivity contribution in [3.63, 3.8) is 0 Å². The maximum absolute atomic E-state index is 14.8. The number of para-hydroxylation sites is 1. The van der Waals surface area contributed by atoms with Gasteiger partial charge >= 0.3 is 12.1 Å². The number of carbonyl (C=O) groups is 3. The molecule has 254 valence electrons. The Morgan fingerprint density at radius 3 is 2.35 bits per heavy atom. The summed E-state index contributed by atoms with van der Waals surface area (Å²) >= 11 is 0.785. The highest BCUT2D eigenvalue weighted by molar-refractivity contribution is 7.19. The lowest BCUT2D eigenvalue weighted by Crippen LogP contribution is -2.38. The molecule has 1 fully saturated rings. The van der Waals surface area contributed by atoms with Crippen LogP contribution in [0.25, 0.3) is 21.5 Å². The lowest BCUT2D eigenvalue weighted by atomic mass is 9.92. The smallest absolute Gasteiger partial charge is 0.412 e. The molecule has 5 rings (SSSR count). The summed E-state index contributed by atoms with van der Waals surface area (Å²) in [6.45, 7) is 11.9. The van der Waals surface area contributed by atoms with E-state index in [1.807, 2.05) is 45.0 Å². The van der Waals surface area contributed by atoms with Crippen molar-refractivity contribution in [2.75, 3.05) is 23.3 Å². The van der Waals surface area contributed by atoms with E-state index in [9.17, 15) is 23.2 Å². The van der Waals surface area contributed by atoms with Gasteiger partial charge in [-0.3, -0.25) is 19.9 Å². The number of carbonyl (C=O) groups excluding carboxylic acids is 3. The highest BCUT2D eigenvalue weighted by Crippen LogP contribution is 2.38. The van der Waals surface area contributed by atoms with Gasteiger partial charge in [-0.05, 0) is 78.5 Å². The molecule has 1 amide bonds. The number of rotatable bonds is 8. The zero-order valence-corrected chi connectivity index (χ0v) is 28.8. The average molecular weight is 679 g/mol. The largest absolute Gasteiger partial charge is 0.460 e. The topological polar surface area (TPSA) is 111 Å². The molecule has 1 saturated heterocycles. The summed E-state index contributed by atoms with van der Waals surface area (Å²) in [5.74, 6) is -2.39. The van der Waals surface area contributed by atoms with E-state index in [0.29, 0.717) is 18.7 Å². The Morgan fingerprint density at radius 2 is 1.67 bits per heavy atom. The van der Waals surface area contributed by atoms with Crippen LogP contribution in [0.1, 0.15) is 76.9 Å². The normalized spacial score (nSPS) is 15.3. The van der Waals surface area contributed by atoms with E-state index < -0.39 is 40.3 Å². The molecule has 0 aliphatic carbocycles. The number of Topliss-reactive ketones (excluding diaryl/α,β-unsaturated/α-hetero) is 1. The Bertz CT molecular complexity index is 1830. The number of pyridine rings is 1. The van der Waals surface area contributed by atoms with Crippen LogP contribution in [0, 0.1) is 17.6 Å². The summed E-state index contributed by atoms with van der Waals surface area (Å²) in [6.07, 6.45) is 2.63. The van der Waals surface area contributed by atoms with Gasteiger partial charge in [-0.2, -0.15) is 0 Å². The van der Waals surface area contributed by atoms with Crippen molar-refractivity contribution >= 4 is 50.8 Å². The van der Waals surface area contributed by atoms with E-state index in [1.165, 1.54) is 6.07 Å². The molecule has 1 atom stereocenters. The molecule has 0 unspecified atom stereocenters. The predicted octanol–water partition coefficient (Wildman–Crippen LogP) is 8.36. The lowest BCUT2D eigenvalue weighted by Gasteiger charge is -2.36. The second kappa shape index (κ2) is 14.0. The van der Waals surface area contributed by atoms with E-state index >= 15 is 0 Å². The van der Waals surface area contributed by atoms with Gasteiger partial charge in [0.25, 0.3) is 0 Å². The van der Waals surface area contributed by atoms with Crippen molar-refractivity contribution in [2.24, 2.45) is 5.92 Å². The number of piperidine rings is 1. The summed E-state index contributed by atoms with van der Waals surface area (Å²) < 4.78 is 40.6. The molecule has 0 spiro atoms. The number of esters is 1. The van der Waals surface area contributed by atoms with E-state index in [0.717, 1.165) is 52.9 Å². The minimum atomic E-state index is -0.849. The van der Waals surface area contributed by atoms with Crippen molar-refractivity contribution < 1.29 is 32.6 Å². The standard InChI is InChI=1S/C36H40F2N4O5S/c1-35(2,3)46-28(44)17-21-11-10-16-42(20-21)31-22(19-39-26-15-8-7-12-23(26)31)18-27(43)30-33(41-34(45)47-36(4,5)6)48-32(40-30)29-24(37)13-9-14-25(29)38/h7-9,12-15,19,21H,10-11,16-18,20H2,1-6H3,(H,41,45)/t21-/m1/s1. The summed E-state index contributed by atoms with van der Waals surface area (Å²) in [5.41, 5.74) is 0.226. The van der Waals surface area contributed by atoms with Gasteiger partial charge in [0.05, 0.1) is 23.2 Å². The number of benzene rings is 2. The molecule has 0 bridgehead atoms. The Hall–Kier alpha value is -4.45. The zero-order valence-electron chi connectivity index (χ0n) is 28.0. The minimum Gasteiger partial charge on any atom is -0.460 e. The van der Waals surface area contributed by atoms with Gasteiger partial charge in [-0.25, -0.2) is 18.6 Å². The van der Waals surface area contributed by atoms with Crippen LogP contribution in [-0.4, -0.2) is 52.1 Å². The van der Waals surface area contributed by atoms with Crippen molar-refractivity contribution in [2.45, 2.75) is 78.4 Å². The fraction of sp³-hybridized carbons (Fsp3) is 0.417. The van der Waals surface area contributed by atoms with E-state index in [2.05, 4.69) is 20.2 Å². The third-order valence-electron chi connectivity index (χ3n) is 7.57. The fourth-order valence-electron chi connectivity index (χ4n) is 5.78. The van der Waals surface area contributed by atoms with Crippen LogP contribution in [0.4, 0.5) is 24.3 Å². The molecule has 1 aliphatic rings. The summed E-state index contributed by atoms with van der Waals surface area (Å²) in [7, 11) is 0. The first-order chi connectivity index (χ1) is 22.6. The summed E-state index contributed by atoms with van der Waals surface area (Å²) in [6, 6.07) is 11.1. The van der Waals surface area contributed by atoms with Crippen LogP contribution in [0.15, 0.2) is 48.7 Å². The number of hydrogen-bond acceptors (Lipinski definition) is 9. The molecule has 1 N–H and O–H groups in total. The molecule has 4 aromatic rings. The second-order valence-electron chi connectivity index (χ2n) is 13.9. The number of nitrogens with zero attached hydrogens (tertiary/aromatic N) is 3. The minimum absolute atomic E-state index is 0.0117. The Labute approximate surface area is 282 Å². The van der Waals surface area contributed by atoms with Crippen molar-refractivity contribution in [3.05, 3.63) is 71.6 Å². The maximum atomic E-state index is 14.8. The van der Waals surface area contributed by atoms with Crippen LogP contribution in [0.5, 0.6) is 0 Å². The van der Waals surface area contributed by atoms with E-state index in [4.69, 9.17) is 9.47 Å². The number of halogens is 2. The highest BCUT2D eigenvalue weighted by Gasteiger charge is 2.30. The maximum Gasteiger partial charge on any atom is 0.412 e. The number of anilines is 2. The summed E-state index contributed by atoms with van der Waals surface area (Å²) in [4.78, 5) is 50.7. The molecule has 48 heavy (non-hydrogen) atoms. The number of thiazole rings is 1. The molecule has 12 heteroatoms. The number of fused-ring (bicyclic) bond motifs is 1. The van der Waals surface area contributed by atoms with Crippen molar-refractivity contribution in [3.8, 4) is 10.6 Å². The molecule has 2 aromatic heterocycles. The molecular formula is C36H40F2N4O5S. The number of ether oxygens (including phenoxy) is 2. The number of amides is 1. The quantitative estimate of drug-likeness (QED) is 0.146. The molecule has 2 aromatic carbocycles. The Kier molecular flexibility index (Phi) is 10.1. The zero-order chi connectivity index (χ0) is 34.8. The van der Waals surface area contributed by atoms with Gasteiger partial charge in [0.2, 0.25) is 0 Å². The predicted molar refractivity (Wildman–Crippen MR) is 182 cm³/mol. The van der Waals surface area contributed by atoms with Crippen LogP contribution in [0.3, 0.4) is 0 Å². The van der Waals surface area contributed by atoms with Crippen LogP contribution in [0.2, 0.25) is 0 Å². The van der Waals surface area contributed by atoms with Gasteiger partial charge in [-0.1, -0.05) is 35.6 Å². The summed E-state index contributed by atoms with van der Waals surface area (Å²) in [5, 5.41) is 3.33. The van der Waals surface area contributed by atoms with Crippen LogP contribution in [-0.2, 0) is 20.7 Å². The monoisotopic (exact) mass is 678 g/mol. The second-order valence-corrected chi connectivity index (χ2v) is 14.9. The molecule has 0 radical (unpaired) electrons. The molecular weight excluding hydrogens is 638 g/mol. The first-order valence-electron chi connectivity index (χ1n) is 15.9. The van der Waals surface area contributed by atoms with Crippen LogP contribution < -0.4 is 10.2 Å². The number of nitrogens with one attached hydrogen (secondary N) is 1. The molecule has 9 nitrogen and oxygen atoms in total. The Balaban J connectivity index is 1.50. The molecule has 3 heterocycles. The SMILES string of the molecule is CC(C)(C)OC(=O)C[C@H]1CCCN(c2c(CC(=O)c3nc(-c4c(F)cccc4F)sc3NC(=O)OC(C)(C)C)cnc3ccccc23)C1. The number of ketones is 1. The highest BCUT2D eigenvalue weighted by atomic mass is 32.1. The first kappa shape index (κ1) is 34.9. The van der Waals surface area contributed by atoms with Crippen molar-refractivity contribution in [1.29, 1.82) is 0 Å². The lowest BCUT2D eigenvalue weighted by molar-refractivity contribution is -0.156. The van der Waals surface area contributed by atoms with Crippen molar-refractivity contribution in [1.82, 2.24) is 9.97 Å². The Morgan fingerprint density at radius 1 is 0.979 bits per heavy atom. The van der Waals surface area contributed by atoms with Gasteiger partial charge in [-0.15, -0.1) is 0 Å². The number of aromatic nitrogens is 2. The van der Waals surface area contributed by atoms with Crippen LogP contribution >= 0.6 is 11.3 Å². The molecule has 1 aliphatic heterocycles. The third-order valence-corrected chi connectivity index (χ3v) is 8.56. The molecule has 0 saturated carbocycles. The van der Waals surface area contributed by atoms with Gasteiger partial charge in [0, 0.05) is 36.7 Å². The third kappa shape index (κ3) is 8.52. The van der Waals surface area contributed by atoms with E-state index in [-0.39, 0.29) is 40.4 Å². The number of hydrogen-bond donors (Lipinski definition) is 1. The van der Waals surface area contributed by atoms with Gasteiger partial charge in [0.1, 0.15) is 38.5 Å². The van der Waals surface area contributed by atoms with Gasteiger partial charge in [0.15, 0.2) is 5.78 Å². The average Bonchev–Trinajstić information content (AvgIpc) is 3.38. The first-order valence-corrected chi connectivity index (χ1v) is 16.7. The van der Waals surface area contributed by atoms with E-state index in [1.54, 1.807) is 27.0 Å². The van der Waals surface area contributed by atoms with Gasteiger partial charge < -0.3 is 14.4 Å².